The van der Waals surface area contributed by atoms with Gasteiger partial charge in [-0.05, 0) is 67.6 Å². The molecule has 3 saturated heterocycles. The number of hydrogen-bond acceptors (Lipinski definition) is 12. The second-order valence-electron chi connectivity index (χ2n) is 19.3. The van der Waals surface area contributed by atoms with Crippen molar-refractivity contribution >= 4 is 53.2 Å². The first-order valence-electron chi connectivity index (χ1n) is 24.1. The number of nitrogens with two attached hydrogens (primary N) is 1. The first kappa shape index (κ1) is 54.8. The van der Waals surface area contributed by atoms with Crippen molar-refractivity contribution in [1.29, 1.82) is 0 Å². The topological polar surface area (TPSA) is 287 Å². The van der Waals surface area contributed by atoms with E-state index >= 15 is 0 Å². The van der Waals surface area contributed by atoms with Gasteiger partial charge in [0.15, 0.2) is 0 Å². The van der Waals surface area contributed by atoms with Gasteiger partial charge < -0.3 is 56.7 Å². The number of nitrogens with one attached hydrogen (secondary N) is 4. The Kier molecular flexibility index (Phi) is 19.7. The largest absolute Gasteiger partial charge is 0.508 e. The highest BCUT2D eigenvalue weighted by atomic mass is 16.5. The van der Waals surface area contributed by atoms with Crippen LogP contribution in [0.2, 0.25) is 0 Å². The van der Waals surface area contributed by atoms with E-state index in [1.807, 2.05) is 20.8 Å². The molecule has 378 valence electrons. The number of nitrogens with zero attached hydrogens (tertiary/aromatic N) is 3. The number of phenolic OH excluding ortho intramolecular Hbond substituents is 1. The Labute approximate surface area is 399 Å². The third-order valence-electron chi connectivity index (χ3n) is 13.5. The van der Waals surface area contributed by atoms with Crippen LogP contribution in [0.25, 0.3) is 0 Å². The molecule has 3 aliphatic heterocycles. The molecule has 0 radical (unpaired) electrons. The summed E-state index contributed by atoms with van der Waals surface area (Å²) in [5.74, 6) is -8.90. The number of aromatic hydroxyl groups is 1. The molecule has 68 heavy (non-hydrogen) atoms. The molecule has 12 atom stereocenters. The molecule has 8 amide bonds. The van der Waals surface area contributed by atoms with Crippen molar-refractivity contribution in [2.24, 2.45) is 29.4 Å². The lowest BCUT2D eigenvalue weighted by molar-refractivity contribution is -0.168. The second kappa shape index (κ2) is 24.5. The number of carbonyl (C=O) groups excluding carboxylic acids is 9. The lowest BCUT2D eigenvalue weighted by atomic mass is 9.91. The summed E-state index contributed by atoms with van der Waals surface area (Å²) in [4.78, 5) is 131. The quantitative estimate of drug-likeness (QED) is 0.121. The van der Waals surface area contributed by atoms with Crippen LogP contribution in [0.1, 0.15) is 119 Å². The predicted octanol–water partition coefficient (Wildman–Crippen LogP) is 0.987. The third-order valence-corrected chi connectivity index (χ3v) is 13.5. The van der Waals surface area contributed by atoms with Gasteiger partial charge in [-0.15, -0.1) is 0 Å². The normalized spacial score (nSPS) is 27.9. The number of ether oxygens (including phenoxy) is 1. The maximum absolute atomic E-state index is 14.9. The average Bonchev–Trinajstić information content (AvgIpc) is 3.61. The standard InChI is InChI=1S/C48H74N8O12/c1-10-13-36(59)50-31(18-20-35(49)58)45(64)55-24-28(8)41-40(55)44(63)52-33(22-25(4)5)42(61)51-32-19-21-37(60)56(46(32)65)39(27(7)12-3)47(66)54(9)34(23-29-14-16-30(57)17-15-29)43(62)53-38(26(6)11-2)48(67)68-41/h14-17,25-28,31-34,37-41,57,60H,10-13,18-24H2,1-9H3,(H2,49,58)(H,50,59)(H,51,61)(H,52,63)(H,53,62)/t26-,27-,28?,31-,32?,33-,34?,37?,38-,39-,40?,41?/m0/s1. The van der Waals surface area contributed by atoms with Gasteiger partial charge in [0, 0.05) is 38.8 Å². The van der Waals surface area contributed by atoms with E-state index in [0.29, 0.717) is 24.8 Å². The minimum absolute atomic E-state index is 0.0123. The summed E-state index contributed by atoms with van der Waals surface area (Å²) in [5, 5.41) is 32.5. The van der Waals surface area contributed by atoms with Crippen molar-refractivity contribution in [3.05, 3.63) is 29.8 Å². The highest BCUT2D eigenvalue weighted by Gasteiger charge is 2.52. The summed E-state index contributed by atoms with van der Waals surface area (Å²) in [6.07, 6.45) is -2.15. The maximum Gasteiger partial charge on any atom is 0.329 e. The van der Waals surface area contributed by atoms with Crippen molar-refractivity contribution in [2.75, 3.05) is 13.6 Å². The van der Waals surface area contributed by atoms with Crippen LogP contribution < -0.4 is 27.0 Å². The number of amides is 8. The molecule has 20 heteroatoms. The van der Waals surface area contributed by atoms with Crippen LogP contribution in [-0.2, 0) is 54.3 Å². The van der Waals surface area contributed by atoms with E-state index in [4.69, 9.17) is 10.5 Å². The number of esters is 1. The molecular formula is C48H74N8O12. The molecule has 6 unspecified atom stereocenters. The Balaban J connectivity index is 1.93. The number of primary amides is 1. The Bertz CT molecular complexity index is 2000. The van der Waals surface area contributed by atoms with E-state index in [1.165, 1.54) is 24.1 Å². The summed E-state index contributed by atoms with van der Waals surface area (Å²) in [6.45, 7) is 13.9. The zero-order valence-corrected chi connectivity index (χ0v) is 41.0. The number of likely N-dealkylation sites (tertiary alicyclic amines) is 1. The van der Waals surface area contributed by atoms with Gasteiger partial charge in [-0.1, -0.05) is 80.4 Å². The summed E-state index contributed by atoms with van der Waals surface area (Å²) in [5.41, 5.74) is 5.99. The zero-order chi connectivity index (χ0) is 50.7. The summed E-state index contributed by atoms with van der Waals surface area (Å²) >= 11 is 0. The number of piperidine rings is 1. The number of aliphatic hydroxyl groups excluding tert-OH is 1. The Morgan fingerprint density at radius 1 is 0.868 bits per heavy atom. The minimum atomic E-state index is -1.59. The van der Waals surface area contributed by atoms with Crippen molar-refractivity contribution in [2.45, 2.75) is 174 Å². The van der Waals surface area contributed by atoms with Gasteiger partial charge in [0.2, 0.25) is 47.3 Å². The van der Waals surface area contributed by atoms with Crippen molar-refractivity contribution in [3.8, 4) is 5.75 Å². The van der Waals surface area contributed by atoms with Gasteiger partial charge in [-0.25, -0.2) is 4.79 Å². The van der Waals surface area contributed by atoms with Gasteiger partial charge >= 0.3 is 5.97 Å². The molecule has 0 aromatic heterocycles. The number of hydrogen-bond donors (Lipinski definition) is 7. The lowest BCUT2D eigenvalue weighted by Gasteiger charge is -2.44. The summed E-state index contributed by atoms with van der Waals surface area (Å²) in [6, 6.07) is -3.46. The van der Waals surface area contributed by atoms with Gasteiger partial charge in [0.25, 0.3) is 0 Å². The number of fused-ring (bicyclic) bond motifs is 3. The fourth-order valence-corrected chi connectivity index (χ4v) is 9.16. The third kappa shape index (κ3) is 13.5. The van der Waals surface area contributed by atoms with E-state index in [-0.39, 0.29) is 63.2 Å². The lowest BCUT2D eigenvalue weighted by Crippen LogP contribution is -2.66. The molecule has 3 aliphatic rings. The summed E-state index contributed by atoms with van der Waals surface area (Å²) < 4.78 is 6.23. The molecule has 0 aliphatic carbocycles. The van der Waals surface area contributed by atoms with Crippen molar-refractivity contribution in [3.63, 3.8) is 0 Å². The molecule has 2 bridgehead atoms. The molecule has 3 heterocycles. The van der Waals surface area contributed by atoms with Crippen molar-refractivity contribution in [1.82, 2.24) is 36.0 Å². The molecule has 0 spiro atoms. The Hall–Kier alpha value is -5.79. The molecule has 8 N–H and O–H groups in total. The average molecular weight is 955 g/mol. The van der Waals surface area contributed by atoms with E-state index in [1.54, 1.807) is 46.8 Å². The van der Waals surface area contributed by atoms with Crippen LogP contribution in [0.5, 0.6) is 5.75 Å². The fraction of sp³-hybridized carbons (Fsp3) is 0.688. The molecule has 0 saturated carbocycles. The van der Waals surface area contributed by atoms with E-state index in [9.17, 15) is 53.4 Å². The molecular weight excluding hydrogens is 881 g/mol. The predicted molar refractivity (Wildman–Crippen MR) is 248 cm³/mol. The zero-order valence-electron chi connectivity index (χ0n) is 41.0. The number of likely N-dealkylation sites (N-methyl/N-ethyl adjacent to an activating group) is 1. The van der Waals surface area contributed by atoms with E-state index in [0.717, 1.165) is 9.80 Å². The first-order valence-corrected chi connectivity index (χ1v) is 24.1. The van der Waals surface area contributed by atoms with Crippen molar-refractivity contribution < 1.29 is 58.1 Å². The summed E-state index contributed by atoms with van der Waals surface area (Å²) in [7, 11) is 1.40. The number of benzene rings is 1. The van der Waals surface area contributed by atoms with Crippen LogP contribution in [-0.4, -0.2) is 146 Å². The van der Waals surface area contributed by atoms with Crippen LogP contribution >= 0.6 is 0 Å². The van der Waals surface area contributed by atoms with Gasteiger partial charge in [0.05, 0.1) is 0 Å². The number of carbonyl (C=O) groups is 9. The number of aliphatic hydroxyl groups is 1. The maximum atomic E-state index is 14.9. The van der Waals surface area contributed by atoms with Crippen LogP contribution in [0.4, 0.5) is 0 Å². The second-order valence-corrected chi connectivity index (χ2v) is 19.3. The minimum Gasteiger partial charge on any atom is -0.508 e. The van der Waals surface area contributed by atoms with E-state index < -0.39 is 126 Å². The van der Waals surface area contributed by atoms with Gasteiger partial charge in [-0.2, -0.15) is 0 Å². The number of phenols is 1. The van der Waals surface area contributed by atoms with E-state index in [2.05, 4.69) is 21.3 Å². The monoisotopic (exact) mass is 955 g/mol. The first-order chi connectivity index (χ1) is 32.0. The number of rotatable bonds is 15. The van der Waals surface area contributed by atoms with Crippen LogP contribution in [0, 0.1) is 23.7 Å². The Morgan fingerprint density at radius 2 is 1.51 bits per heavy atom. The highest BCUT2D eigenvalue weighted by Crippen LogP contribution is 2.31. The molecule has 4 rings (SSSR count). The molecule has 1 aromatic rings. The van der Waals surface area contributed by atoms with Gasteiger partial charge in [-0.3, -0.25) is 38.4 Å². The molecule has 1 aromatic carbocycles. The SMILES string of the molecule is CCCC(=O)N[C@@H](CCC(N)=O)C(=O)N1CC(C)C2OC(=O)[C@H]([C@@H](C)CC)NC(=O)C(Cc3ccc(O)cc3)N(C)C(=O)[C@H]([C@@H](C)CC)N3C(=O)C(CCC3O)NC(=O)[C@H](CC(C)C)NC(=O)C21. The van der Waals surface area contributed by atoms with Crippen LogP contribution in [0.15, 0.2) is 24.3 Å². The molecule has 3 fully saturated rings. The van der Waals surface area contributed by atoms with Gasteiger partial charge in [0.1, 0.15) is 60.4 Å². The fourth-order valence-electron chi connectivity index (χ4n) is 9.16. The Morgan fingerprint density at radius 3 is 2.10 bits per heavy atom. The smallest absolute Gasteiger partial charge is 0.329 e. The molecule has 20 nitrogen and oxygen atoms in total. The highest BCUT2D eigenvalue weighted by molar-refractivity contribution is 5.99. The van der Waals surface area contributed by atoms with Crippen LogP contribution in [0.3, 0.4) is 0 Å².